The van der Waals surface area contributed by atoms with Crippen LogP contribution in [-0.2, 0) is 6.54 Å². The summed E-state index contributed by atoms with van der Waals surface area (Å²) in [6, 6.07) is 10.2. The quantitative estimate of drug-likeness (QED) is 0.424. The number of nitrogens with zero attached hydrogens (tertiary/aromatic N) is 5. The zero-order valence-electron chi connectivity index (χ0n) is 17.8. The molecule has 1 spiro atoms. The minimum Gasteiger partial charge on any atom is -0.493 e. The summed E-state index contributed by atoms with van der Waals surface area (Å²) in [6.07, 6.45) is 7.36. The number of hydrogen-bond donors (Lipinski definition) is 3. The first kappa shape index (κ1) is 19.2. The molecule has 3 aromatic heterocycles. The molecule has 9 heteroatoms. The molecule has 1 aliphatic carbocycles. The van der Waals surface area contributed by atoms with Crippen LogP contribution in [0, 0.1) is 5.41 Å². The van der Waals surface area contributed by atoms with Gasteiger partial charge < -0.3 is 15.8 Å². The van der Waals surface area contributed by atoms with Gasteiger partial charge in [0.1, 0.15) is 17.1 Å². The fourth-order valence-electron chi connectivity index (χ4n) is 4.60. The molecule has 1 fully saturated rings. The summed E-state index contributed by atoms with van der Waals surface area (Å²) in [5, 5.41) is 19.5. The summed E-state index contributed by atoms with van der Waals surface area (Å²) in [5.41, 5.74) is 11.0. The van der Waals surface area contributed by atoms with Gasteiger partial charge in [-0.15, -0.1) is 5.10 Å². The van der Waals surface area contributed by atoms with Crippen LogP contribution in [0.5, 0.6) is 5.75 Å². The van der Waals surface area contributed by atoms with E-state index in [4.69, 9.17) is 10.5 Å². The molecular formula is C23H26N8O. The van der Waals surface area contributed by atoms with Crippen molar-refractivity contribution in [3.8, 4) is 5.75 Å². The summed E-state index contributed by atoms with van der Waals surface area (Å²) in [4.78, 5) is 4.31. The number of pyridine rings is 1. The SMILES string of the molecule is Nc1cc([C@H]2CCNCC3(CC3)COc3cccc(c3)Cn3cc2cn3)c2n[nH]nc2n1. The summed E-state index contributed by atoms with van der Waals surface area (Å²) >= 11 is 0. The van der Waals surface area contributed by atoms with Crippen LogP contribution in [0.3, 0.4) is 0 Å². The molecule has 0 amide bonds. The number of ether oxygens (including phenoxy) is 1. The molecule has 1 aromatic carbocycles. The molecule has 4 bridgehead atoms. The number of H-pyrrole nitrogens is 1. The maximum atomic E-state index is 6.17. The van der Waals surface area contributed by atoms with E-state index in [1.165, 1.54) is 18.4 Å². The Morgan fingerprint density at radius 2 is 2.12 bits per heavy atom. The van der Waals surface area contributed by atoms with E-state index in [9.17, 15) is 0 Å². The lowest BCUT2D eigenvalue weighted by Crippen LogP contribution is -2.30. The van der Waals surface area contributed by atoms with E-state index in [2.05, 4.69) is 55.2 Å². The Morgan fingerprint density at radius 3 is 3.03 bits per heavy atom. The van der Waals surface area contributed by atoms with Crippen LogP contribution in [0.1, 0.15) is 41.9 Å². The number of benzene rings is 1. The Hall–Kier alpha value is -3.46. The Balaban J connectivity index is 1.38. The molecule has 0 saturated heterocycles. The lowest BCUT2D eigenvalue weighted by Gasteiger charge is -2.20. The van der Waals surface area contributed by atoms with Crippen LogP contribution in [0.15, 0.2) is 42.7 Å². The third-order valence-corrected chi connectivity index (χ3v) is 6.63. The number of fused-ring (bicyclic) bond motifs is 5. The van der Waals surface area contributed by atoms with Crippen molar-refractivity contribution >= 4 is 17.0 Å². The molecule has 4 aromatic rings. The Labute approximate surface area is 185 Å². The van der Waals surface area contributed by atoms with Crippen LogP contribution < -0.4 is 15.8 Å². The number of hydrogen-bond acceptors (Lipinski definition) is 7. The van der Waals surface area contributed by atoms with Crippen LogP contribution in [-0.4, -0.2) is 49.9 Å². The van der Waals surface area contributed by atoms with E-state index in [1.807, 2.05) is 23.0 Å². The monoisotopic (exact) mass is 430 g/mol. The van der Waals surface area contributed by atoms with Gasteiger partial charge in [-0.05, 0) is 60.7 Å². The zero-order chi connectivity index (χ0) is 21.5. The van der Waals surface area contributed by atoms with Crippen LogP contribution in [0.25, 0.3) is 11.2 Å². The highest BCUT2D eigenvalue weighted by molar-refractivity contribution is 5.77. The summed E-state index contributed by atoms with van der Waals surface area (Å²) in [7, 11) is 0. The van der Waals surface area contributed by atoms with Crippen molar-refractivity contribution in [2.75, 3.05) is 25.4 Å². The van der Waals surface area contributed by atoms with Gasteiger partial charge >= 0.3 is 0 Å². The Bertz CT molecular complexity index is 1260. The molecule has 0 radical (unpaired) electrons. The standard InChI is InChI=1S/C23H26N8O/c24-20-9-19(21-22(27-20)29-30-28-21)18-4-7-25-13-23(5-6-23)14-32-17-3-1-2-15(8-17)11-31-12-16(18)10-26-31/h1-3,8-10,12,18,25H,4-7,11,13-14H2,(H3,24,27,28,29,30)/t18-/m0/s1. The maximum absolute atomic E-state index is 6.17. The van der Waals surface area contributed by atoms with Crippen molar-refractivity contribution in [3.63, 3.8) is 0 Å². The number of nitrogens with one attached hydrogen (secondary N) is 2. The Kier molecular flexibility index (Phi) is 4.57. The fourth-order valence-corrected chi connectivity index (χ4v) is 4.60. The van der Waals surface area contributed by atoms with E-state index in [0.717, 1.165) is 48.5 Å². The first-order valence-corrected chi connectivity index (χ1v) is 11.1. The second-order valence-electron chi connectivity index (χ2n) is 9.06. The van der Waals surface area contributed by atoms with E-state index in [0.29, 0.717) is 18.0 Å². The number of aromatic nitrogens is 6. The van der Waals surface area contributed by atoms with Gasteiger partial charge in [0, 0.05) is 24.1 Å². The van der Waals surface area contributed by atoms with Gasteiger partial charge in [-0.3, -0.25) is 4.68 Å². The van der Waals surface area contributed by atoms with Crippen LogP contribution >= 0.6 is 0 Å². The van der Waals surface area contributed by atoms with Gasteiger partial charge in [0.15, 0.2) is 0 Å². The molecule has 2 aliphatic rings. The third-order valence-electron chi connectivity index (χ3n) is 6.63. The Morgan fingerprint density at radius 1 is 1.19 bits per heavy atom. The summed E-state index contributed by atoms with van der Waals surface area (Å²) in [5.74, 6) is 1.45. The van der Waals surface area contributed by atoms with Gasteiger partial charge in [0.2, 0.25) is 5.65 Å². The molecule has 9 nitrogen and oxygen atoms in total. The molecule has 1 aliphatic heterocycles. The van der Waals surface area contributed by atoms with Gasteiger partial charge in [0.05, 0.1) is 19.3 Å². The second-order valence-corrected chi connectivity index (χ2v) is 9.06. The number of rotatable bonds is 1. The lowest BCUT2D eigenvalue weighted by molar-refractivity contribution is 0.229. The third kappa shape index (κ3) is 3.69. The van der Waals surface area contributed by atoms with Crippen LogP contribution in [0.4, 0.5) is 5.82 Å². The van der Waals surface area contributed by atoms with E-state index in [-0.39, 0.29) is 11.3 Å². The first-order valence-electron chi connectivity index (χ1n) is 11.1. The van der Waals surface area contributed by atoms with Gasteiger partial charge in [-0.1, -0.05) is 12.1 Å². The molecule has 4 N–H and O–H groups in total. The minimum absolute atomic E-state index is 0.0806. The highest BCUT2D eigenvalue weighted by Crippen LogP contribution is 2.45. The van der Waals surface area contributed by atoms with Gasteiger partial charge in [0.25, 0.3) is 0 Å². The summed E-state index contributed by atoms with van der Waals surface area (Å²) < 4.78 is 8.14. The topological polar surface area (TPSA) is 120 Å². The highest BCUT2D eigenvalue weighted by atomic mass is 16.5. The number of nitrogens with two attached hydrogens (primary N) is 1. The first-order chi connectivity index (χ1) is 15.7. The van der Waals surface area contributed by atoms with Crippen molar-refractivity contribution in [1.29, 1.82) is 0 Å². The normalized spacial score (nSPS) is 20.4. The highest BCUT2D eigenvalue weighted by Gasteiger charge is 2.43. The molecule has 1 atom stereocenters. The average Bonchev–Trinajstić information content (AvgIpc) is 3.15. The van der Waals surface area contributed by atoms with E-state index in [1.54, 1.807) is 0 Å². The fraction of sp³-hybridized carbons (Fsp3) is 0.391. The number of anilines is 1. The summed E-state index contributed by atoms with van der Waals surface area (Å²) in [6.45, 7) is 3.26. The molecular weight excluding hydrogens is 404 g/mol. The smallest absolute Gasteiger partial charge is 0.203 e. The minimum atomic E-state index is 0.0806. The number of nitrogen functional groups attached to an aromatic ring is 1. The van der Waals surface area contributed by atoms with Crippen LogP contribution in [0.2, 0.25) is 0 Å². The van der Waals surface area contributed by atoms with Crippen molar-refractivity contribution in [1.82, 2.24) is 35.5 Å². The molecule has 164 valence electrons. The molecule has 1 saturated carbocycles. The van der Waals surface area contributed by atoms with Crippen molar-refractivity contribution in [2.45, 2.75) is 31.7 Å². The lowest BCUT2D eigenvalue weighted by atomic mass is 9.90. The average molecular weight is 431 g/mol. The molecule has 32 heavy (non-hydrogen) atoms. The predicted molar refractivity (Wildman–Crippen MR) is 120 cm³/mol. The van der Waals surface area contributed by atoms with Crippen molar-refractivity contribution in [2.24, 2.45) is 5.41 Å². The predicted octanol–water partition coefficient (Wildman–Crippen LogP) is 2.46. The van der Waals surface area contributed by atoms with Gasteiger partial charge in [-0.25, -0.2) is 4.98 Å². The molecule has 6 rings (SSSR count). The van der Waals surface area contributed by atoms with Gasteiger partial charge in [-0.2, -0.15) is 15.4 Å². The second kappa shape index (κ2) is 7.59. The number of aromatic amines is 1. The maximum Gasteiger partial charge on any atom is 0.203 e. The van der Waals surface area contributed by atoms with E-state index < -0.39 is 0 Å². The van der Waals surface area contributed by atoms with E-state index >= 15 is 0 Å². The van der Waals surface area contributed by atoms with Crippen molar-refractivity contribution < 1.29 is 4.74 Å². The molecule has 4 heterocycles. The molecule has 0 unspecified atom stereocenters. The zero-order valence-corrected chi connectivity index (χ0v) is 17.8. The van der Waals surface area contributed by atoms with Crippen molar-refractivity contribution in [3.05, 3.63) is 59.4 Å². The largest absolute Gasteiger partial charge is 0.493 e.